The van der Waals surface area contributed by atoms with Gasteiger partial charge in [-0.3, -0.25) is 19.9 Å². The summed E-state index contributed by atoms with van der Waals surface area (Å²) in [5.74, 6) is -2.65. The molecule has 0 bridgehead atoms. The van der Waals surface area contributed by atoms with Crippen molar-refractivity contribution < 1.29 is 42.9 Å². The molecule has 1 fully saturated rings. The Morgan fingerprint density at radius 2 is 1.86 bits per heavy atom. The van der Waals surface area contributed by atoms with Crippen molar-refractivity contribution in [3.63, 3.8) is 0 Å². The highest BCUT2D eigenvalue weighted by Crippen LogP contribution is 2.24. The highest BCUT2D eigenvalue weighted by molar-refractivity contribution is 7.88. The number of hydrogen-bond donors (Lipinski definition) is 7. The number of carbonyl (C=O) groups is 4. The molecule has 1 aromatic rings. The molecule has 0 saturated carbocycles. The van der Waals surface area contributed by atoms with Crippen LogP contribution in [-0.4, -0.2) is 65.2 Å². The Morgan fingerprint density at radius 3 is 2.43 bits per heavy atom. The van der Waals surface area contributed by atoms with Gasteiger partial charge in [0.05, 0.1) is 13.0 Å². The minimum absolute atomic E-state index is 0.263. The Morgan fingerprint density at radius 1 is 1.18 bits per heavy atom. The van der Waals surface area contributed by atoms with Gasteiger partial charge in [0.1, 0.15) is 6.04 Å². The maximum absolute atomic E-state index is 11.7. The smallest absolute Gasteiger partial charge is 0.405 e. The number of carbonyl (C=O) groups excluding carboxylic acids is 3. The van der Waals surface area contributed by atoms with E-state index >= 15 is 0 Å². The van der Waals surface area contributed by atoms with Crippen LogP contribution in [0.25, 0.3) is 0 Å². The number of rotatable bonds is 6. The molecule has 1 saturated heterocycles. The molecular weight excluding hydrogens is 402 g/mol. The van der Waals surface area contributed by atoms with Crippen LogP contribution < -0.4 is 20.3 Å². The fraction of sp³-hybridized carbons (Fsp3) is 0.231. The SMILES string of the molecule is O=C(O)NC1CN(C(=O)NS(=O)(=O)NNC(=O)Cc2ccc(O)c(O)c2)C1=O. The van der Waals surface area contributed by atoms with Gasteiger partial charge in [-0.15, -0.1) is 4.83 Å². The van der Waals surface area contributed by atoms with E-state index < -0.39 is 51.7 Å². The van der Waals surface area contributed by atoms with Gasteiger partial charge in [-0.2, -0.15) is 8.42 Å². The van der Waals surface area contributed by atoms with Crippen molar-refractivity contribution in [3.8, 4) is 11.5 Å². The van der Waals surface area contributed by atoms with Crippen LogP contribution in [0.3, 0.4) is 0 Å². The first-order valence-corrected chi connectivity index (χ1v) is 8.91. The molecule has 1 aliphatic rings. The van der Waals surface area contributed by atoms with Gasteiger partial charge in [0.2, 0.25) is 5.91 Å². The zero-order valence-corrected chi connectivity index (χ0v) is 14.7. The summed E-state index contributed by atoms with van der Waals surface area (Å²) in [6, 6.07) is 1.07. The quantitative estimate of drug-likeness (QED) is 0.150. The molecule has 1 aromatic carbocycles. The molecule has 7 N–H and O–H groups in total. The second-order valence-electron chi connectivity index (χ2n) is 5.51. The number of hydrogen-bond acceptors (Lipinski definition) is 8. The van der Waals surface area contributed by atoms with Crippen LogP contribution in [0, 0.1) is 0 Å². The minimum Gasteiger partial charge on any atom is -0.504 e. The molecule has 1 unspecified atom stereocenters. The molecule has 0 aliphatic carbocycles. The van der Waals surface area contributed by atoms with E-state index in [4.69, 9.17) is 5.11 Å². The molecule has 15 heteroatoms. The van der Waals surface area contributed by atoms with Crippen LogP contribution in [-0.2, 0) is 26.2 Å². The van der Waals surface area contributed by atoms with E-state index in [1.807, 2.05) is 5.32 Å². The van der Waals surface area contributed by atoms with E-state index in [1.165, 1.54) is 10.8 Å². The second-order valence-corrected chi connectivity index (χ2v) is 6.93. The maximum atomic E-state index is 11.7. The fourth-order valence-corrected chi connectivity index (χ4v) is 2.73. The number of carboxylic acid groups (broad SMARTS) is 1. The number of amides is 5. The van der Waals surface area contributed by atoms with Gasteiger partial charge in [-0.05, 0) is 17.7 Å². The molecule has 2 rings (SSSR count). The van der Waals surface area contributed by atoms with Crippen LogP contribution in [0.1, 0.15) is 5.56 Å². The van der Waals surface area contributed by atoms with Crippen molar-refractivity contribution >= 4 is 34.1 Å². The third kappa shape index (κ3) is 5.21. The zero-order chi connectivity index (χ0) is 21.1. The molecule has 1 aliphatic heterocycles. The van der Waals surface area contributed by atoms with Gasteiger partial charge < -0.3 is 20.6 Å². The number of likely N-dealkylation sites (tertiary alicyclic amines) is 1. The van der Waals surface area contributed by atoms with Crippen molar-refractivity contribution in [1.29, 1.82) is 0 Å². The number of hydrazine groups is 1. The van der Waals surface area contributed by atoms with E-state index in [9.17, 15) is 37.8 Å². The number of benzene rings is 1. The summed E-state index contributed by atoms with van der Waals surface area (Å²) in [4.78, 5) is 47.5. The Bertz CT molecular complexity index is 932. The fourth-order valence-electron chi connectivity index (χ4n) is 2.09. The van der Waals surface area contributed by atoms with Crippen molar-refractivity contribution in [2.24, 2.45) is 0 Å². The number of β-lactam (4-membered cyclic amide) rings is 1. The summed E-state index contributed by atoms with van der Waals surface area (Å²) < 4.78 is 24.9. The van der Waals surface area contributed by atoms with Crippen LogP contribution in [0.5, 0.6) is 11.5 Å². The molecule has 1 atom stereocenters. The first-order valence-electron chi connectivity index (χ1n) is 7.42. The highest BCUT2D eigenvalue weighted by Gasteiger charge is 2.42. The lowest BCUT2D eigenvalue weighted by atomic mass is 10.1. The monoisotopic (exact) mass is 417 g/mol. The van der Waals surface area contributed by atoms with Crippen LogP contribution >= 0.6 is 0 Å². The first kappa shape index (κ1) is 20.7. The third-order valence-corrected chi connectivity index (χ3v) is 4.24. The summed E-state index contributed by atoms with van der Waals surface area (Å²) in [5.41, 5.74) is 2.07. The molecular formula is C13H15N5O9S. The van der Waals surface area contributed by atoms with E-state index in [0.29, 0.717) is 4.90 Å². The van der Waals surface area contributed by atoms with Crippen molar-refractivity contribution in [2.45, 2.75) is 12.5 Å². The molecule has 28 heavy (non-hydrogen) atoms. The number of imide groups is 1. The van der Waals surface area contributed by atoms with Gasteiger partial charge >= 0.3 is 22.3 Å². The Labute approximate surface area is 157 Å². The maximum Gasteiger partial charge on any atom is 0.405 e. The van der Waals surface area contributed by atoms with Gasteiger partial charge in [0.15, 0.2) is 11.5 Å². The van der Waals surface area contributed by atoms with Crippen molar-refractivity contribution in [1.82, 2.24) is 25.2 Å². The summed E-state index contributed by atoms with van der Waals surface area (Å²) in [5, 5.41) is 28.8. The van der Waals surface area contributed by atoms with Crippen LogP contribution in [0.15, 0.2) is 18.2 Å². The molecule has 14 nitrogen and oxygen atoms in total. The van der Waals surface area contributed by atoms with Gasteiger partial charge in [-0.1, -0.05) is 6.07 Å². The van der Waals surface area contributed by atoms with E-state index in [1.54, 1.807) is 10.3 Å². The number of aromatic hydroxyl groups is 2. The second kappa shape index (κ2) is 7.97. The lowest BCUT2D eigenvalue weighted by Crippen LogP contribution is -2.68. The third-order valence-electron chi connectivity index (χ3n) is 3.42. The van der Waals surface area contributed by atoms with Crippen molar-refractivity contribution in [3.05, 3.63) is 23.8 Å². The number of nitrogens with zero attached hydrogens (tertiary/aromatic N) is 1. The minimum atomic E-state index is -4.57. The topological polar surface area (TPSA) is 214 Å². The summed E-state index contributed by atoms with van der Waals surface area (Å²) >= 11 is 0. The number of urea groups is 1. The largest absolute Gasteiger partial charge is 0.504 e. The Hall–Kier alpha value is -3.59. The molecule has 1 heterocycles. The number of nitrogens with one attached hydrogen (secondary N) is 4. The summed E-state index contributed by atoms with van der Waals surface area (Å²) in [6.45, 7) is -0.358. The van der Waals surface area contributed by atoms with Crippen LogP contribution in [0.2, 0.25) is 0 Å². The summed E-state index contributed by atoms with van der Waals surface area (Å²) in [7, 11) is -4.57. The predicted octanol–water partition coefficient (Wildman–Crippen LogP) is -2.31. The molecule has 152 valence electrons. The van der Waals surface area contributed by atoms with Gasteiger partial charge in [-0.25, -0.2) is 14.3 Å². The van der Waals surface area contributed by atoms with Gasteiger partial charge in [0.25, 0.3) is 5.91 Å². The molecule has 0 radical (unpaired) electrons. The van der Waals surface area contributed by atoms with E-state index in [2.05, 4.69) is 0 Å². The van der Waals surface area contributed by atoms with Gasteiger partial charge in [0, 0.05) is 0 Å². The highest BCUT2D eigenvalue weighted by atomic mass is 32.2. The Balaban J connectivity index is 1.82. The lowest BCUT2D eigenvalue weighted by molar-refractivity contribution is -0.139. The molecule has 5 amide bonds. The van der Waals surface area contributed by atoms with Crippen molar-refractivity contribution in [2.75, 3.05) is 6.54 Å². The van der Waals surface area contributed by atoms with E-state index in [-0.39, 0.29) is 18.5 Å². The van der Waals surface area contributed by atoms with Crippen LogP contribution in [0.4, 0.5) is 9.59 Å². The molecule has 0 spiro atoms. The predicted molar refractivity (Wildman–Crippen MR) is 88.9 cm³/mol. The normalized spacial score (nSPS) is 16.1. The first-order chi connectivity index (χ1) is 13.0. The standard InChI is InChI=1S/C13H15N5O9S/c19-8-2-1-6(3-9(8)20)4-10(21)15-17-28(26,27)16-12(23)18-5-7(11(18)22)14-13(24)25/h1-3,7,14,17,19-20H,4-5H2,(H,15,21)(H,16,23)(H,24,25). The zero-order valence-electron chi connectivity index (χ0n) is 13.9. The number of phenolic OH excluding ortho intramolecular Hbond substituents is 2. The van der Waals surface area contributed by atoms with E-state index in [0.717, 1.165) is 12.1 Å². The average Bonchev–Trinajstić information content (AvgIpc) is 2.58. The summed E-state index contributed by atoms with van der Waals surface area (Å²) in [6.07, 6.45) is -1.84. The number of phenols is 2. The Kier molecular flexibility index (Phi) is 5.90. The molecule has 0 aromatic heterocycles. The lowest BCUT2D eigenvalue weighted by Gasteiger charge is -2.35. The average molecular weight is 417 g/mol.